The van der Waals surface area contributed by atoms with Crippen LogP contribution in [0.3, 0.4) is 0 Å². The van der Waals surface area contributed by atoms with Crippen LogP contribution in [0.4, 0.5) is 0 Å². The van der Waals surface area contributed by atoms with Crippen molar-refractivity contribution < 1.29 is 31.8 Å². The average molecular weight is 524 g/mol. The van der Waals surface area contributed by atoms with E-state index in [4.69, 9.17) is 18.6 Å². The van der Waals surface area contributed by atoms with Gasteiger partial charge in [0, 0.05) is 5.39 Å². The third-order valence-corrected chi connectivity index (χ3v) is 7.37. The molecule has 0 aliphatic carbocycles. The number of methoxy groups -OCH3 is 2. The van der Waals surface area contributed by atoms with E-state index in [0.29, 0.717) is 17.3 Å². The largest absolute Gasteiger partial charge is 0.493 e. The van der Waals surface area contributed by atoms with Gasteiger partial charge in [0.15, 0.2) is 11.5 Å². The van der Waals surface area contributed by atoms with Crippen LogP contribution in [-0.2, 0) is 26.2 Å². The molecule has 1 unspecified atom stereocenters. The van der Waals surface area contributed by atoms with Crippen molar-refractivity contribution in [3.05, 3.63) is 78.6 Å². The minimum atomic E-state index is -3.93. The normalized spacial score (nSPS) is 12.5. The highest BCUT2D eigenvalue weighted by molar-refractivity contribution is 7.89. The van der Waals surface area contributed by atoms with E-state index >= 15 is 0 Å². The molecule has 0 radical (unpaired) electrons. The zero-order chi connectivity index (χ0) is 26.6. The molecule has 0 saturated carbocycles. The molecule has 1 N–H and O–H groups in total. The third-order valence-electron chi connectivity index (χ3n) is 5.91. The van der Waals surface area contributed by atoms with E-state index in [0.717, 1.165) is 22.1 Å². The second kappa shape index (κ2) is 11.1. The molecule has 0 bridgehead atoms. The molecule has 9 heteroatoms. The Labute approximate surface area is 216 Å². The van der Waals surface area contributed by atoms with E-state index in [1.807, 2.05) is 42.5 Å². The van der Waals surface area contributed by atoms with Gasteiger partial charge in [0.05, 0.1) is 19.1 Å². The van der Waals surface area contributed by atoms with Crippen LogP contribution in [-0.4, -0.2) is 34.6 Å². The van der Waals surface area contributed by atoms with Gasteiger partial charge in [-0.25, -0.2) is 8.42 Å². The fraction of sp³-hybridized carbons (Fsp3) is 0.250. The van der Waals surface area contributed by atoms with Gasteiger partial charge >= 0.3 is 5.97 Å². The maximum Gasteiger partial charge on any atom is 0.324 e. The molecule has 0 spiro atoms. The zero-order valence-corrected chi connectivity index (χ0v) is 21.9. The second-order valence-corrected chi connectivity index (χ2v) is 10.5. The first-order valence-electron chi connectivity index (χ1n) is 11.7. The highest BCUT2D eigenvalue weighted by Gasteiger charge is 2.29. The van der Waals surface area contributed by atoms with Gasteiger partial charge in [0.2, 0.25) is 10.0 Å². The number of esters is 1. The Morgan fingerprint density at radius 2 is 1.62 bits per heavy atom. The van der Waals surface area contributed by atoms with Crippen molar-refractivity contribution in [2.45, 2.75) is 31.4 Å². The number of hydrogen-bond acceptors (Lipinski definition) is 7. The third kappa shape index (κ3) is 5.95. The minimum absolute atomic E-state index is 0.0450. The molecule has 1 heterocycles. The number of para-hydroxylation sites is 1. The number of carbonyl (C=O) groups excluding carboxylic acids is 1. The maximum atomic E-state index is 12.8. The van der Waals surface area contributed by atoms with Gasteiger partial charge in [-0.15, -0.1) is 0 Å². The number of rotatable bonds is 10. The summed E-state index contributed by atoms with van der Waals surface area (Å²) < 4.78 is 50.1. The molecule has 0 aliphatic rings. The van der Waals surface area contributed by atoms with E-state index in [1.165, 1.54) is 19.2 Å². The highest BCUT2D eigenvalue weighted by atomic mass is 32.2. The number of ether oxygens (including phenoxy) is 3. The van der Waals surface area contributed by atoms with E-state index in [9.17, 15) is 13.2 Å². The van der Waals surface area contributed by atoms with E-state index < -0.39 is 22.0 Å². The average Bonchev–Trinajstić information content (AvgIpc) is 3.33. The zero-order valence-electron chi connectivity index (χ0n) is 21.1. The summed E-state index contributed by atoms with van der Waals surface area (Å²) in [4.78, 5) is 12.0. The van der Waals surface area contributed by atoms with Gasteiger partial charge in [0.1, 0.15) is 24.0 Å². The van der Waals surface area contributed by atoms with Gasteiger partial charge in [0.25, 0.3) is 0 Å². The second-order valence-electron chi connectivity index (χ2n) is 8.80. The monoisotopic (exact) mass is 523 g/mol. The van der Waals surface area contributed by atoms with Crippen LogP contribution in [0.1, 0.15) is 19.6 Å². The van der Waals surface area contributed by atoms with Crippen molar-refractivity contribution in [2.75, 3.05) is 14.2 Å². The molecule has 194 valence electrons. The summed E-state index contributed by atoms with van der Waals surface area (Å²) in [5, 5.41) is 1.01. The summed E-state index contributed by atoms with van der Waals surface area (Å²) in [5.41, 5.74) is 2.41. The molecule has 0 amide bonds. The molecule has 1 aromatic heterocycles. The number of sulfonamides is 1. The van der Waals surface area contributed by atoms with Gasteiger partial charge in [-0.05, 0) is 53.4 Å². The minimum Gasteiger partial charge on any atom is -0.493 e. The molecule has 4 rings (SSSR count). The first-order chi connectivity index (χ1) is 17.7. The molecule has 0 fully saturated rings. The molecular weight excluding hydrogens is 494 g/mol. The van der Waals surface area contributed by atoms with Crippen molar-refractivity contribution in [3.63, 3.8) is 0 Å². The molecule has 4 aromatic rings. The van der Waals surface area contributed by atoms with Gasteiger partial charge in [-0.3, -0.25) is 4.79 Å². The lowest BCUT2D eigenvalue weighted by Crippen LogP contribution is -2.44. The number of furan rings is 1. The number of carbonyl (C=O) groups is 1. The van der Waals surface area contributed by atoms with E-state index in [2.05, 4.69) is 4.72 Å². The van der Waals surface area contributed by atoms with Gasteiger partial charge in [-0.1, -0.05) is 50.2 Å². The number of benzene rings is 3. The predicted octanol–water partition coefficient (Wildman–Crippen LogP) is 5.16. The lowest BCUT2D eigenvalue weighted by Gasteiger charge is -2.19. The Bertz CT molecular complexity index is 1460. The molecular formula is C28H29NO7S. The smallest absolute Gasteiger partial charge is 0.324 e. The summed E-state index contributed by atoms with van der Waals surface area (Å²) in [6, 6.07) is 20.6. The van der Waals surface area contributed by atoms with Crippen LogP contribution in [0.2, 0.25) is 0 Å². The van der Waals surface area contributed by atoms with Crippen LogP contribution in [0.25, 0.3) is 22.1 Å². The molecule has 8 nitrogen and oxygen atoms in total. The Balaban J connectivity index is 1.49. The summed E-state index contributed by atoms with van der Waals surface area (Å²) in [6.45, 7) is 3.72. The molecule has 0 saturated heterocycles. The SMILES string of the molecule is COC(=O)C(NS(=O)(=O)c1ccc(-c2ccc(OCc3cc4ccccc4o3)c(OC)c2)cc1)C(C)C. The molecule has 0 aliphatic heterocycles. The van der Waals surface area contributed by atoms with E-state index in [-0.39, 0.29) is 17.4 Å². The Kier molecular flexibility index (Phi) is 7.85. The van der Waals surface area contributed by atoms with Crippen molar-refractivity contribution in [3.8, 4) is 22.6 Å². The predicted molar refractivity (Wildman–Crippen MR) is 140 cm³/mol. The van der Waals surface area contributed by atoms with Crippen LogP contribution in [0, 0.1) is 5.92 Å². The lowest BCUT2D eigenvalue weighted by atomic mass is 10.1. The summed E-state index contributed by atoms with van der Waals surface area (Å²) in [5.74, 6) is 0.874. The van der Waals surface area contributed by atoms with Crippen LogP contribution < -0.4 is 14.2 Å². The van der Waals surface area contributed by atoms with Crippen LogP contribution >= 0.6 is 0 Å². The Morgan fingerprint density at radius 3 is 2.27 bits per heavy atom. The van der Waals surface area contributed by atoms with Crippen molar-refractivity contribution in [1.29, 1.82) is 0 Å². The molecule has 37 heavy (non-hydrogen) atoms. The lowest BCUT2D eigenvalue weighted by molar-refractivity contribution is -0.143. The number of hydrogen-bond donors (Lipinski definition) is 1. The Hall–Kier alpha value is -3.82. The number of nitrogens with one attached hydrogen (secondary N) is 1. The quantitative estimate of drug-likeness (QED) is 0.286. The highest BCUT2D eigenvalue weighted by Crippen LogP contribution is 2.34. The summed E-state index contributed by atoms with van der Waals surface area (Å²) >= 11 is 0. The standard InChI is InChI=1S/C28H29NO7S/c1-18(2)27(28(30)34-4)29-37(31,32)23-12-9-19(10-13-23)20-11-14-25(26(16-20)33-3)35-17-22-15-21-7-5-6-8-24(21)36-22/h5-16,18,27,29H,17H2,1-4H3. The summed E-state index contributed by atoms with van der Waals surface area (Å²) in [7, 11) is -1.14. The topological polar surface area (TPSA) is 104 Å². The first-order valence-corrected chi connectivity index (χ1v) is 13.2. The maximum absolute atomic E-state index is 12.8. The van der Waals surface area contributed by atoms with E-state index in [1.54, 1.807) is 39.2 Å². The van der Waals surface area contributed by atoms with Crippen LogP contribution in [0.5, 0.6) is 11.5 Å². The van der Waals surface area contributed by atoms with Crippen LogP contribution in [0.15, 0.2) is 82.1 Å². The van der Waals surface area contributed by atoms with Crippen molar-refractivity contribution >= 4 is 27.0 Å². The first kappa shape index (κ1) is 26.2. The Morgan fingerprint density at radius 1 is 0.919 bits per heavy atom. The fourth-order valence-corrected chi connectivity index (χ4v) is 5.20. The summed E-state index contributed by atoms with van der Waals surface area (Å²) in [6.07, 6.45) is 0. The number of fused-ring (bicyclic) bond motifs is 1. The molecule has 3 aromatic carbocycles. The molecule has 1 atom stereocenters. The fourth-order valence-electron chi connectivity index (χ4n) is 3.87. The van der Waals surface area contributed by atoms with Crippen molar-refractivity contribution in [1.82, 2.24) is 4.72 Å². The van der Waals surface area contributed by atoms with Crippen molar-refractivity contribution in [2.24, 2.45) is 5.92 Å². The van der Waals surface area contributed by atoms with Gasteiger partial charge < -0.3 is 18.6 Å². The van der Waals surface area contributed by atoms with Gasteiger partial charge in [-0.2, -0.15) is 4.72 Å².